The Hall–Kier alpha value is -2.21. The summed E-state index contributed by atoms with van der Waals surface area (Å²) in [5.74, 6) is -0.659. The standard InChI is InChI=1S/C15H8F3NOS/c16-15(17,18)12-5-6-19-7-10(12)14(20)11-8-21-13-4-2-1-3-9(11)13/h1-8H. The number of thiophene rings is 1. The van der Waals surface area contributed by atoms with Gasteiger partial charge in [-0.25, -0.2) is 0 Å². The average molecular weight is 307 g/mol. The van der Waals surface area contributed by atoms with E-state index in [2.05, 4.69) is 4.98 Å². The minimum absolute atomic E-state index is 0.272. The fourth-order valence-electron chi connectivity index (χ4n) is 2.12. The zero-order chi connectivity index (χ0) is 15.0. The van der Waals surface area contributed by atoms with Gasteiger partial charge in [0, 0.05) is 33.4 Å². The molecular weight excluding hydrogens is 299 g/mol. The molecule has 0 saturated carbocycles. The van der Waals surface area contributed by atoms with E-state index in [0.717, 1.165) is 23.2 Å². The fraction of sp³-hybridized carbons (Fsp3) is 0.0667. The smallest absolute Gasteiger partial charge is 0.288 e. The normalized spacial score (nSPS) is 11.8. The van der Waals surface area contributed by atoms with E-state index in [1.54, 1.807) is 17.5 Å². The fourth-order valence-corrected chi connectivity index (χ4v) is 3.06. The van der Waals surface area contributed by atoms with Crippen LogP contribution in [0.25, 0.3) is 10.1 Å². The molecule has 21 heavy (non-hydrogen) atoms. The van der Waals surface area contributed by atoms with Gasteiger partial charge in [0.15, 0.2) is 5.78 Å². The van der Waals surface area contributed by atoms with Crippen molar-refractivity contribution in [2.75, 3.05) is 0 Å². The third-order valence-electron chi connectivity index (χ3n) is 3.10. The predicted molar refractivity (Wildman–Crippen MR) is 74.5 cm³/mol. The van der Waals surface area contributed by atoms with Crippen LogP contribution in [-0.4, -0.2) is 10.8 Å². The first kappa shape index (κ1) is 13.8. The molecule has 0 saturated heterocycles. The second kappa shape index (κ2) is 4.96. The van der Waals surface area contributed by atoms with Crippen molar-refractivity contribution in [3.8, 4) is 0 Å². The average Bonchev–Trinajstić information content (AvgIpc) is 2.89. The minimum atomic E-state index is -4.58. The highest BCUT2D eigenvalue weighted by Crippen LogP contribution is 2.34. The lowest BCUT2D eigenvalue weighted by molar-refractivity contribution is -0.137. The van der Waals surface area contributed by atoms with Gasteiger partial charge in [-0.2, -0.15) is 13.2 Å². The summed E-state index contributed by atoms with van der Waals surface area (Å²) in [5, 5.41) is 2.24. The molecule has 0 bridgehead atoms. The van der Waals surface area contributed by atoms with Crippen LogP contribution >= 0.6 is 11.3 Å². The molecule has 0 aliphatic heterocycles. The van der Waals surface area contributed by atoms with Crippen molar-refractivity contribution in [2.45, 2.75) is 6.18 Å². The van der Waals surface area contributed by atoms with Crippen LogP contribution in [0.5, 0.6) is 0 Å². The number of nitrogens with zero attached hydrogens (tertiary/aromatic N) is 1. The Bertz CT molecular complexity index is 823. The molecule has 2 aromatic heterocycles. The monoisotopic (exact) mass is 307 g/mol. The molecule has 0 atom stereocenters. The van der Waals surface area contributed by atoms with E-state index in [0.29, 0.717) is 5.39 Å². The van der Waals surface area contributed by atoms with E-state index >= 15 is 0 Å². The number of hydrogen-bond donors (Lipinski definition) is 0. The second-order valence-electron chi connectivity index (χ2n) is 4.39. The zero-order valence-corrected chi connectivity index (χ0v) is 11.3. The van der Waals surface area contributed by atoms with Crippen LogP contribution in [0, 0.1) is 0 Å². The van der Waals surface area contributed by atoms with E-state index < -0.39 is 23.1 Å². The number of rotatable bonds is 2. The van der Waals surface area contributed by atoms with Gasteiger partial charge >= 0.3 is 6.18 Å². The van der Waals surface area contributed by atoms with Crippen molar-refractivity contribution >= 4 is 27.2 Å². The summed E-state index contributed by atoms with van der Waals surface area (Å²) in [5.41, 5.74) is -1.11. The summed E-state index contributed by atoms with van der Waals surface area (Å²) < 4.78 is 39.8. The second-order valence-corrected chi connectivity index (χ2v) is 5.30. The molecule has 0 amide bonds. The van der Waals surface area contributed by atoms with Gasteiger partial charge < -0.3 is 0 Å². The van der Waals surface area contributed by atoms with Crippen LogP contribution in [-0.2, 0) is 6.18 Å². The molecule has 2 nitrogen and oxygen atoms in total. The quantitative estimate of drug-likeness (QED) is 0.650. The molecule has 0 aliphatic rings. The first-order valence-corrected chi connectivity index (χ1v) is 6.88. The third kappa shape index (κ3) is 2.42. The third-order valence-corrected chi connectivity index (χ3v) is 4.06. The van der Waals surface area contributed by atoms with E-state index in [4.69, 9.17) is 0 Å². The van der Waals surface area contributed by atoms with E-state index in [-0.39, 0.29) is 5.56 Å². The van der Waals surface area contributed by atoms with Gasteiger partial charge in [-0.15, -0.1) is 11.3 Å². The minimum Gasteiger partial charge on any atom is -0.288 e. The molecule has 0 fully saturated rings. The van der Waals surface area contributed by atoms with Crippen molar-refractivity contribution < 1.29 is 18.0 Å². The number of halogens is 3. The molecule has 0 radical (unpaired) electrons. The highest BCUT2D eigenvalue weighted by atomic mass is 32.1. The van der Waals surface area contributed by atoms with Gasteiger partial charge in [-0.1, -0.05) is 18.2 Å². The molecule has 1 aromatic carbocycles. The van der Waals surface area contributed by atoms with Crippen LogP contribution in [0.3, 0.4) is 0 Å². The maximum Gasteiger partial charge on any atom is 0.417 e. The molecule has 0 unspecified atom stereocenters. The summed E-state index contributed by atoms with van der Waals surface area (Å²) in [7, 11) is 0. The van der Waals surface area contributed by atoms with Crippen LogP contribution in [0.2, 0.25) is 0 Å². The first-order chi connectivity index (χ1) is 9.98. The number of aromatic nitrogens is 1. The Morgan fingerprint density at radius 2 is 1.86 bits per heavy atom. The number of pyridine rings is 1. The number of alkyl halides is 3. The molecule has 0 spiro atoms. The Morgan fingerprint density at radius 1 is 1.10 bits per heavy atom. The molecule has 2 heterocycles. The van der Waals surface area contributed by atoms with Crippen molar-refractivity contribution in [1.29, 1.82) is 0 Å². The Morgan fingerprint density at radius 3 is 2.62 bits per heavy atom. The largest absolute Gasteiger partial charge is 0.417 e. The van der Waals surface area contributed by atoms with Gasteiger partial charge in [-0.3, -0.25) is 9.78 Å². The number of carbonyl (C=O) groups is 1. The lowest BCUT2D eigenvalue weighted by atomic mass is 10.00. The van der Waals surface area contributed by atoms with Crippen molar-refractivity contribution in [1.82, 2.24) is 4.98 Å². The summed E-state index contributed by atoms with van der Waals surface area (Å²) in [6, 6.07) is 7.94. The molecule has 3 rings (SSSR count). The first-order valence-electron chi connectivity index (χ1n) is 6.00. The highest BCUT2D eigenvalue weighted by Gasteiger charge is 2.35. The Labute approximate surface area is 121 Å². The number of ketones is 1. The van der Waals surface area contributed by atoms with Gasteiger partial charge in [0.2, 0.25) is 0 Å². The molecule has 0 N–H and O–H groups in total. The summed E-state index contributed by atoms with van der Waals surface area (Å²) in [6.45, 7) is 0. The van der Waals surface area contributed by atoms with Crippen LogP contribution in [0.1, 0.15) is 21.5 Å². The van der Waals surface area contributed by atoms with Gasteiger partial charge in [0.05, 0.1) is 11.1 Å². The number of hydrogen-bond acceptors (Lipinski definition) is 3. The SMILES string of the molecule is O=C(c1cnccc1C(F)(F)F)c1csc2ccccc12. The van der Waals surface area contributed by atoms with Gasteiger partial charge in [-0.05, 0) is 12.1 Å². The van der Waals surface area contributed by atoms with Gasteiger partial charge in [0.1, 0.15) is 0 Å². The maximum absolute atomic E-state index is 13.0. The van der Waals surface area contributed by atoms with Gasteiger partial charge in [0.25, 0.3) is 0 Å². The van der Waals surface area contributed by atoms with Crippen molar-refractivity contribution in [3.63, 3.8) is 0 Å². The highest BCUT2D eigenvalue weighted by molar-refractivity contribution is 7.17. The Kier molecular flexibility index (Phi) is 3.25. The Balaban J connectivity index is 2.16. The van der Waals surface area contributed by atoms with Crippen LogP contribution in [0.4, 0.5) is 13.2 Å². The predicted octanol–water partition coefficient (Wildman–Crippen LogP) is 4.55. The van der Waals surface area contributed by atoms with E-state index in [1.165, 1.54) is 11.3 Å². The molecular formula is C15H8F3NOS. The topological polar surface area (TPSA) is 30.0 Å². The maximum atomic E-state index is 13.0. The molecule has 0 aliphatic carbocycles. The molecule has 6 heteroatoms. The number of fused-ring (bicyclic) bond motifs is 1. The van der Waals surface area contributed by atoms with E-state index in [1.807, 2.05) is 12.1 Å². The van der Waals surface area contributed by atoms with Crippen molar-refractivity contribution in [2.24, 2.45) is 0 Å². The van der Waals surface area contributed by atoms with E-state index in [9.17, 15) is 18.0 Å². The summed E-state index contributed by atoms with van der Waals surface area (Å²) in [4.78, 5) is 16.1. The summed E-state index contributed by atoms with van der Waals surface area (Å²) >= 11 is 1.33. The lowest BCUT2D eigenvalue weighted by Crippen LogP contribution is -2.14. The molecule has 3 aromatic rings. The van der Waals surface area contributed by atoms with Crippen LogP contribution < -0.4 is 0 Å². The molecule has 106 valence electrons. The number of carbonyl (C=O) groups excluding carboxylic acids is 1. The lowest BCUT2D eigenvalue weighted by Gasteiger charge is -2.10. The number of benzene rings is 1. The van der Waals surface area contributed by atoms with Crippen molar-refractivity contribution in [3.05, 3.63) is 64.8 Å². The van der Waals surface area contributed by atoms with Crippen LogP contribution in [0.15, 0.2) is 48.1 Å². The zero-order valence-electron chi connectivity index (χ0n) is 10.5. The summed E-state index contributed by atoms with van der Waals surface area (Å²) in [6.07, 6.45) is -2.58.